The van der Waals surface area contributed by atoms with E-state index >= 15 is 0 Å². The lowest BCUT2D eigenvalue weighted by Crippen LogP contribution is -2.01. The van der Waals surface area contributed by atoms with Gasteiger partial charge in [0.15, 0.2) is 0 Å². The second-order valence-corrected chi connectivity index (χ2v) is 4.44. The standard InChI is InChI=1S/C15H16ClNO/c16-14-10-4-6-12(7-5-11-17)15(14)18-13-8-2-1-3-9-13/h1-4,6,8-10H,5,7,11,17H2. The average Bonchev–Trinajstić information content (AvgIpc) is 2.41. The van der Waals surface area contributed by atoms with Gasteiger partial charge in [0.1, 0.15) is 11.5 Å². The van der Waals surface area contributed by atoms with E-state index in [0.717, 1.165) is 29.9 Å². The lowest BCUT2D eigenvalue weighted by atomic mass is 10.1. The number of rotatable bonds is 5. The van der Waals surface area contributed by atoms with Crippen molar-refractivity contribution in [1.29, 1.82) is 0 Å². The molecule has 2 N–H and O–H groups in total. The first kappa shape index (κ1) is 12.9. The molecule has 0 saturated heterocycles. The number of hydrogen-bond donors (Lipinski definition) is 1. The molecule has 18 heavy (non-hydrogen) atoms. The molecule has 2 nitrogen and oxygen atoms in total. The third kappa shape index (κ3) is 3.25. The van der Waals surface area contributed by atoms with Crippen LogP contribution in [-0.2, 0) is 6.42 Å². The average molecular weight is 262 g/mol. The van der Waals surface area contributed by atoms with Gasteiger partial charge in [-0.2, -0.15) is 0 Å². The van der Waals surface area contributed by atoms with E-state index in [1.807, 2.05) is 48.5 Å². The summed E-state index contributed by atoms with van der Waals surface area (Å²) in [4.78, 5) is 0. The summed E-state index contributed by atoms with van der Waals surface area (Å²) in [5, 5.41) is 0.633. The van der Waals surface area contributed by atoms with Gasteiger partial charge in [-0.15, -0.1) is 0 Å². The highest BCUT2D eigenvalue weighted by molar-refractivity contribution is 6.32. The highest BCUT2D eigenvalue weighted by Gasteiger charge is 2.09. The van der Waals surface area contributed by atoms with Gasteiger partial charge in [-0.3, -0.25) is 0 Å². The summed E-state index contributed by atoms with van der Waals surface area (Å²) in [7, 11) is 0. The highest BCUT2D eigenvalue weighted by Crippen LogP contribution is 2.33. The molecule has 0 spiro atoms. The zero-order chi connectivity index (χ0) is 12.8. The first-order valence-corrected chi connectivity index (χ1v) is 6.39. The van der Waals surface area contributed by atoms with Gasteiger partial charge < -0.3 is 10.5 Å². The molecule has 0 aliphatic heterocycles. The maximum absolute atomic E-state index is 6.20. The molecule has 0 amide bonds. The van der Waals surface area contributed by atoms with E-state index in [-0.39, 0.29) is 0 Å². The quantitative estimate of drug-likeness (QED) is 0.882. The summed E-state index contributed by atoms with van der Waals surface area (Å²) in [5.74, 6) is 1.53. The van der Waals surface area contributed by atoms with E-state index in [4.69, 9.17) is 22.1 Å². The topological polar surface area (TPSA) is 35.2 Å². The predicted octanol–water partition coefficient (Wildman–Crippen LogP) is 4.02. The molecular formula is C15H16ClNO. The van der Waals surface area contributed by atoms with Crippen LogP contribution in [0.3, 0.4) is 0 Å². The molecular weight excluding hydrogens is 246 g/mol. The van der Waals surface area contributed by atoms with Crippen LogP contribution in [0.5, 0.6) is 11.5 Å². The second kappa shape index (κ2) is 6.43. The lowest BCUT2D eigenvalue weighted by Gasteiger charge is -2.12. The smallest absolute Gasteiger partial charge is 0.149 e. The van der Waals surface area contributed by atoms with Crippen molar-refractivity contribution in [1.82, 2.24) is 0 Å². The van der Waals surface area contributed by atoms with E-state index in [1.54, 1.807) is 0 Å². The van der Waals surface area contributed by atoms with Crippen molar-refractivity contribution in [2.75, 3.05) is 6.54 Å². The molecule has 0 fully saturated rings. The molecule has 0 aliphatic carbocycles. The van der Waals surface area contributed by atoms with Gasteiger partial charge in [0.25, 0.3) is 0 Å². The zero-order valence-corrected chi connectivity index (χ0v) is 10.9. The minimum Gasteiger partial charge on any atom is -0.456 e. The Morgan fingerprint density at radius 3 is 2.50 bits per heavy atom. The van der Waals surface area contributed by atoms with Gasteiger partial charge in [0, 0.05) is 0 Å². The van der Waals surface area contributed by atoms with Crippen molar-refractivity contribution in [3.8, 4) is 11.5 Å². The lowest BCUT2D eigenvalue weighted by molar-refractivity contribution is 0.475. The Kier molecular flexibility index (Phi) is 4.62. The van der Waals surface area contributed by atoms with Crippen molar-refractivity contribution in [3.63, 3.8) is 0 Å². The van der Waals surface area contributed by atoms with Gasteiger partial charge >= 0.3 is 0 Å². The number of ether oxygens (including phenoxy) is 1. The van der Waals surface area contributed by atoms with Crippen LogP contribution in [0.1, 0.15) is 12.0 Å². The number of halogens is 1. The van der Waals surface area contributed by atoms with Crippen LogP contribution in [0.15, 0.2) is 48.5 Å². The fourth-order valence-electron chi connectivity index (χ4n) is 1.76. The summed E-state index contributed by atoms with van der Waals surface area (Å²) < 4.78 is 5.86. The number of benzene rings is 2. The molecule has 0 heterocycles. The third-order valence-corrected chi connectivity index (χ3v) is 2.96. The van der Waals surface area contributed by atoms with Crippen molar-refractivity contribution < 1.29 is 4.74 Å². The number of nitrogens with two attached hydrogens (primary N) is 1. The zero-order valence-electron chi connectivity index (χ0n) is 10.1. The number of para-hydroxylation sites is 2. The molecule has 94 valence electrons. The Labute approximate surface area is 112 Å². The highest BCUT2D eigenvalue weighted by atomic mass is 35.5. The van der Waals surface area contributed by atoms with Crippen LogP contribution in [-0.4, -0.2) is 6.54 Å². The van der Waals surface area contributed by atoms with E-state index in [2.05, 4.69) is 0 Å². The molecule has 0 atom stereocenters. The molecule has 2 aromatic rings. The van der Waals surface area contributed by atoms with Crippen molar-refractivity contribution in [2.24, 2.45) is 5.73 Å². The molecule has 0 saturated carbocycles. The second-order valence-electron chi connectivity index (χ2n) is 4.04. The Balaban J connectivity index is 2.25. The third-order valence-electron chi connectivity index (χ3n) is 2.66. The molecule has 0 unspecified atom stereocenters. The van der Waals surface area contributed by atoms with Crippen LogP contribution in [0.25, 0.3) is 0 Å². The van der Waals surface area contributed by atoms with Crippen LogP contribution in [0, 0.1) is 0 Å². The molecule has 0 aromatic heterocycles. The van der Waals surface area contributed by atoms with Gasteiger partial charge in [0.2, 0.25) is 0 Å². The molecule has 2 aromatic carbocycles. The summed E-state index contributed by atoms with van der Waals surface area (Å²) in [6.45, 7) is 0.664. The van der Waals surface area contributed by atoms with Crippen molar-refractivity contribution >= 4 is 11.6 Å². The van der Waals surface area contributed by atoms with E-state index in [9.17, 15) is 0 Å². The first-order valence-electron chi connectivity index (χ1n) is 6.01. The van der Waals surface area contributed by atoms with Crippen molar-refractivity contribution in [2.45, 2.75) is 12.8 Å². The Morgan fingerprint density at radius 1 is 1.00 bits per heavy atom. The van der Waals surface area contributed by atoms with Gasteiger partial charge in [-0.05, 0) is 43.1 Å². The maximum Gasteiger partial charge on any atom is 0.149 e. The molecule has 0 aliphatic rings. The summed E-state index contributed by atoms with van der Waals surface area (Å²) in [5.41, 5.74) is 6.64. The van der Waals surface area contributed by atoms with Crippen LogP contribution >= 0.6 is 11.6 Å². The monoisotopic (exact) mass is 261 g/mol. The fraction of sp³-hybridized carbons (Fsp3) is 0.200. The van der Waals surface area contributed by atoms with Crippen LogP contribution in [0.4, 0.5) is 0 Å². The van der Waals surface area contributed by atoms with Gasteiger partial charge in [-0.25, -0.2) is 0 Å². The summed E-state index contributed by atoms with van der Waals surface area (Å²) >= 11 is 6.20. The largest absolute Gasteiger partial charge is 0.456 e. The SMILES string of the molecule is NCCCc1cccc(Cl)c1Oc1ccccc1. The minimum absolute atomic E-state index is 0.633. The van der Waals surface area contributed by atoms with E-state index < -0.39 is 0 Å². The van der Waals surface area contributed by atoms with Gasteiger partial charge in [0.05, 0.1) is 5.02 Å². The van der Waals surface area contributed by atoms with E-state index in [1.165, 1.54) is 0 Å². The minimum atomic E-state index is 0.633. The predicted molar refractivity (Wildman–Crippen MR) is 75.3 cm³/mol. The molecule has 3 heteroatoms. The van der Waals surface area contributed by atoms with Crippen LogP contribution < -0.4 is 10.5 Å². The molecule has 0 radical (unpaired) electrons. The number of aryl methyl sites for hydroxylation is 1. The maximum atomic E-state index is 6.20. The van der Waals surface area contributed by atoms with Crippen molar-refractivity contribution in [3.05, 3.63) is 59.1 Å². The first-order chi connectivity index (χ1) is 8.81. The number of hydrogen-bond acceptors (Lipinski definition) is 2. The Hall–Kier alpha value is -1.51. The summed E-state index contributed by atoms with van der Waals surface area (Å²) in [6, 6.07) is 15.5. The fourth-order valence-corrected chi connectivity index (χ4v) is 2.00. The summed E-state index contributed by atoms with van der Waals surface area (Å²) in [6.07, 6.45) is 1.80. The molecule has 0 bridgehead atoms. The van der Waals surface area contributed by atoms with Gasteiger partial charge in [-0.1, -0.05) is 41.9 Å². The Morgan fingerprint density at radius 2 is 1.78 bits per heavy atom. The van der Waals surface area contributed by atoms with E-state index in [0.29, 0.717) is 11.6 Å². The molecule has 2 rings (SSSR count). The van der Waals surface area contributed by atoms with Crippen LogP contribution in [0.2, 0.25) is 5.02 Å². The normalized spacial score (nSPS) is 10.3. The Bertz CT molecular complexity index is 499.